The van der Waals surface area contributed by atoms with Crippen molar-refractivity contribution in [1.29, 1.82) is 0 Å². The van der Waals surface area contributed by atoms with E-state index in [1.807, 2.05) is 0 Å². The molecule has 162 valence electrons. The topological polar surface area (TPSA) is 75.7 Å². The van der Waals surface area contributed by atoms with Gasteiger partial charge in [-0.15, -0.1) is 0 Å². The van der Waals surface area contributed by atoms with Crippen LogP contribution in [0.3, 0.4) is 0 Å². The van der Waals surface area contributed by atoms with Crippen molar-refractivity contribution < 1.29 is 23.5 Å². The van der Waals surface area contributed by atoms with E-state index in [2.05, 4.69) is 5.32 Å². The number of rotatable bonds is 6. The van der Waals surface area contributed by atoms with Crippen LogP contribution in [-0.2, 0) is 19.1 Å². The van der Waals surface area contributed by atoms with Crippen molar-refractivity contribution in [3.05, 3.63) is 76.2 Å². The van der Waals surface area contributed by atoms with Crippen molar-refractivity contribution in [3.63, 3.8) is 0 Å². The van der Waals surface area contributed by atoms with Crippen LogP contribution in [0.2, 0.25) is 5.02 Å². The molecule has 2 amide bonds. The summed E-state index contributed by atoms with van der Waals surface area (Å²) in [6.07, 6.45) is -0.00431. The average molecular weight is 445 g/mol. The number of allylic oxidation sites excluding steroid dienone is 1. The molecule has 1 aliphatic heterocycles. The number of halogens is 2. The molecule has 1 atom stereocenters. The molecule has 0 aromatic heterocycles. The maximum atomic E-state index is 13.1. The normalized spacial score (nSPS) is 16.3. The van der Waals surface area contributed by atoms with Gasteiger partial charge in [0.1, 0.15) is 12.4 Å². The Morgan fingerprint density at radius 1 is 1.23 bits per heavy atom. The number of carbonyl (C=O) groups excluding carboxylic acids is 3. The van der Waals surface area contributed by atoms with Gasteiger partial charge in [-0.25, -0.2) is 9.18 Å². The van der Waals surface area contributed by atoms with Gasteiger partial charge < -0.3 is 15.0 Å². The highest BCUT2D eigenvalue weighted by atomic mass is 35.5. The number of ether oxygens (including phenoxy) is 1. The predicted molar refractivity (Wildman–Crippen MR) is 115 cm³/mol. The summed E-state index contributed by atoms with van der Waals surface area (Å²) in [5.74, 6) is -2.26. The SMILES string of the molecule is CCOC(=O)C1=C(C)N(CC(=O)Nc2ccc(F)cc2)C(=O)CC1c1cccc(Cl)c1. The van der Waals surface area contributed by atoms with Crippen LogP contribution in [0.15, 0.2) is 59.8 Å². The fraction of sp³-hybridized carbons (Fsp3) is 0.261. The highest BCUT2D eigenvalue weighted by molar-refractivity contribution is 6.30. The lowest BCUT2D eigenvalue weighted by Crippen LogP contribution is -2.42. The average Bonchev–Trinajstić information content (AvgIpc) is 2.72. The minimum Gasteiger partial charge on any atom is -0.463 e. The summed E-state index contributed by atoms with van der Waals surface area (Å²) in [5.41, 5.74) is 1.80. The molecule has 1 unspecified atom stereocenters. The van der Waals surface area contributed by atoms with Crippen LogP contribution >= 0.6 is 11.6 Å². The van der Waals surface area contributed by atoms with Crippen molar-refractivity contribution in [2.45, 2.75) is 26.2 Å². The molecule has 0 bridgehead atoms. The number of esters is 1. The quantitative estimate of drug-likeness (QED) is 0.675. The van der Waals surface area contributed by atoms with Crippen molar-refractivity contribution in [2.24, 2.45) is 0 Å². The van der Waals surface area contributed by atoms with E-state index >= 15 is 0 Å². The van der Waals surface area contributed by atoms with Crippen LogP contribution < -0.4 is 5.32 Å². The number of benzene rings is 2. The minimum atomic E-state index is -0.540. The van der Waals surface area contributed by atoms with E-state index in [1.54, 1.807) is 38.1 Å². The summed E-state index contributed by atoms with van der Waals surface area (Å²) in [7, 11) is 0. The van der Waals surface area contributed by atoms with Gasteiger partial charge in [-0.05, 0) is 55.8 Å². The molecule has 0 aliphatic carbocycles. The lowest BCUT2D eigenvalue weighted by Gasteiger charge is -2.34. The predicted octanol–water partition coefficient (Wildman–Crippen LogP) is 4.27. The minimum absolute atomic E-state index is 0.00431. The van der Waals surface area contributed by atoms with E-state index < -0.39 is 23.6 Å². The zero-order valence-electron chi connectivity index (χ0n) is 17.2. The Hall–Kier alpha value is -3.19. The number of hydrogen-bond donors (Lipinski definition) is 1. The van der Waals surface area contributed by atoms with Gasteiger partial charge >= 0.3 is 5.97 Å². The fourth-order valence-electron chi connectivity index (χ4n) is 3.56. The van der Waals surface area contributed by atoms with Gasteiger partial charge in [0.05, 0.1) is 12.2 Å². The lowest BCUT2D eigenvalue weighted by molar-refractivity contribution is -0.140. The molecule has 2 aromatic carbocycles. The molecule has 2 aromatic rings. The van der Waals surface area contributed by atoms with Crippen molar-refractivity contribution in [3.8, 4) is 0 Å². The summed E-state index contributed by atoms with van der Waals surface area (Å²) in [6.45, 7) is 3.21. The highest BCUT2D eigenvalue weighted by Gasteiger charge is 2.37. The third-order valence-electron chi connectivity index (χ3n) is 5.00. The molecule has 8 heteroatoms. The Kier molecular flexibility index (Phi) is 7.07. The summed E-state index contributed by atoms with van der Waals surface area (Å²) in [6, 6.07) is 12.3. The van der Waals surface area contributed by atoms with Crippen LogP contribution in [0, 0.1) is 5.82 Å². The van der Waals surface area contributed by atoms with E-state index in [-0.39, 0.29) is 25.5 Å². The molecule has 1 aliphatic rings. The lowest BCUT2D eigenvalue weighted by atomic mass is 9.83. The van der Waals surface area contributed by atoms with E-state index in [9.17, 15) is 18.8 Å². The first-order valence-electron chi connectivity index (χ1n) is 9.79. The first kappa shape index (κ1) is 22.5. The smallest absolute Gasteiger partial charge is 0.336 e. The highest BCUT2D eigenvalue weighted by Crippen LogP contribution is 2.37. The molecule has 6 nitrogen and oxygen atoms in total. The van der Waals surface area contributed by atoms with Gasteiger partial charge in [0.15, 0.2) is 0 Å². The van der Waals surface area contributed by atoms with E-state index in [4.69, 9.17) is 16.3 Å². The molecule has 0 spiro atoms. The second kappa shape index (κ2) is 9.75. The van der Waals surface area contributed by atoms with Crippen LogP contribution in [0.5, 0.6) is 0 Å². The zero-order valence-corrected chi connectivity index (χ0v) is 17.9. The number of nitrogens with zero attached hydrogens (tertiary/aromatic N) is 1. The Morgan fingerprint density at radius 2 is 1.94 bits per heavy atom. The Morgan fingerprint density at radius 3 is 2.58 bits per heavy atom. The molecule has 0 fully saturated rings. The fourth-order valence-corrected chi connectivity index (χ4v) is 3.76. The van der Waals surface area contributed by atoms with Crippen molar-refractivity contribution >= 4 is 35.1 Å². The Bertz CT molecular complexity index is 1040. The van der Waals surface area contributed by atoms with Crippen molar-refractivity contribution in [1.82, 2.24) is 4.90 Å². The van der Waals surface area contributed by atoms with Crippen molar-refractivity contribution in [2.75, 3.05) is 18.5 Å². The number of amides is 2. The Labute approximate surface area is 184 Å². The van der Waals surface area contributed by atoms with E-state index in [0.717, 1.165) is 5.56 Å². The van der Waals surface area contributed by atoms with Gasteiger partial charge in [-0.2, -0.15) is 0 Å². The summed E-state index contributed by atoms with van der Waals surface area (Å²) < 4.78 is 18.3. The van der Waals surface area contributed by atoms with E-state index in [1.165, 1.54) is 29.2 Å². The van der Waals surface area contributed by atoms with Crippen LogP contribution in [0.4, 0.5) is 10.1 Å². The monoisotopic (exact) mass is 444 g/mol. The van der Waals surface area contributed by atoms with Gasteiger partial charge in [0.25, 0.3) is 0 Å². The standard InChI is InChI=1S/C23H22ClFN2O4/c1-3-31-23(30)22-14(2)27(13-20(28)26-18-9-7-17(25)8-10-18)21(29)12-19(22)15-5-4-6-16(24)11-15/h4-11,19H,3,12-13H2,1-2H3,(H,26,28). The zero-order chi connectivity index (χ0) is 22.5. The number of anilines is 1. The second-order valence-corrected chi connectivity index (χ2v) is 7.50. The third-order valence-corrected chi connectivity index (χ3v) is 5.23. The van der Waals surface area contributed by atoms with Crippen LogP contribution in [0.25, 0.3) is 0 Å². The maximum Gasteiger partial charge on any atom is 0.336 e. The van der Waals surface area contributed by atoms with Crippen LogP contribution in [0.1, 0.15) is 31.7 Å². The molecular weight excluding hydrogens is 423 g/mol. The molecule has 0 radical (unpaired) electrons. The first-order valence-corrected chi connectivity index (χ1v) is 10.2. The van der Waals surface area contributed by atoms with Gasteiger partial charge in [-0.3, -0.25) is 9.59 Å². The van der Waals surface area contributed by atoms with Gasteiger partial charge in [-0.1, -0.05) is 23.7 Å². The maximum absolute atomic E-state index is 13.1. The molecule has 0 saturated carbocycles. The van der Waals surface area contributed by atoms with Gasteiger partial charge in [0.2, 0.25) is 11.8 Å². The summed E-state index contributed by atoms with van der Waals surface area (Å²) >= 11 is 6.11. The van der Waals surface area contributed by atoms with Gasteiger partial charge in [0, 0.05) is 28.7 Å². The first-order chi connectivity index (χ1) is 14.8. The largest absolute Gasteiger partial charge is 0.463 e. The summed E-state index contributed by atoms with van der Waals surface area (Å²) in [5, 5.41) is 3.11. The molecule has 1 N–H and O–H groups in total. The van der Waals surface area contributed by atoms with E-state index in [0.29, 0.717) is 22.0 Å². The summed E-state index contributed by atoms with van der Waals surface area (Å²) in [4.78, 5) is 39.4. The number of hydrogen-bond acceptors (Lipinski definition) is 4. The Balaban J connectivity index is 1.90. The second-order valence-electron chi connectivity index (χ2n) is 7.07. The van der Waals surface area contributed by atoms with Crippen LogP contribution in [-0.4, -0.2) is 35.8 Å². The molecule has 0 saturated heterocycles. The molecular formula is C23H22ClFN2O4. The number of nitrogens with one attached hydrogen (secondary N) is 1. The molecule has 31 heavy (non-hydrogen) atoms. The molecule has 3 rings (SSSR count). The third kappa shape index (κ3) is 5.30. The molecule has 1 heterocycles. The number of carbonyl (C=O) groups is 3.